The average Bonchev–Trinajstić information content (AvgIpc) is 3.17. The zero-order chi connectivity index (χ0) is 19.5. The number of halogens is 1. The summed E-state index contributed by atoms with van der Waals surface area (Å²) in [6.07, 6.45) is 2.09. The Kier molecular flexibility index (Phi) is 12.7. The van der Waals surface area contributed by atoms with E-state index in [1.54, 1.807) is 0 Å². The van der Waals surface area contributed by atoms with Gasteiger partial charge in [-0.05, 0) is 39.4 Å². The van der Waals surface area contributed by atoms with E-state index >= 15 is 0 Å². The third-order valence-electron chi connectivity index (χ3n) is 4.91. The maximum atomic E-state index is 5.74. The van der Waals surface area contributed by atoms with Crippen LogP contribution in [0.3, 0.4) is 0 Å². The first kappa shape index (κ1) is 25.1. The van der Waals surface area contributed by atoms with Crippen molar-refractivity contribution in [2.45, 2.75) is 25.8 Å². The van der Waals surface area contributed by atoms with Gasteiger partial charge in [0, 0.05) is 39.3 Å². The highest BCUT2D eigenvalue weighted by atomic mass is 127. The van der Waals surface area contributed by atoms with Gasteiger partial charge < -0.3 is 25.0 Å². The van der Waals surface area contributed by atoms with E-state index in [-0.39, 0.29) is 24.0 Å². The summed E-state index contributed by atoms with van der Waals surface area (Å²) in [5.41, 5.74) is 2.59. The first-order chi connectivity index (χ1) is 13.1. The average molecular weight is 504 g/mol. The van der Waals surface area contributed by atoms with Crippen molar-refractivity contribution in [3.63, 3.8) is 0 Å². The Morgan fingerprint density at radius 2 is 2.04 bits per heavy atom. The number of likely N-dealkylation sites (N-methyl/N-ethyl adjacent to an activating group) is 1. The molecule has 0 bridgehead atoms. The minimum Gasteiger partial charge on any atom is -0.381 e. The van der Waals surface area contributed by atoms with E-state index in [1.807, 2.05) is 7.05 Å². The lowest BCUT2D eigenvalue weighted by molar-refractivity contribution is 0.0888. The second kappa shape index (κ2) is 14.1. The molecule has 6 nitrogen and oxygen atoms in total. The fraction of sp³-hybridized carbons (Fsp3) is 0.667. The molecular formula is C21H37IN4O2. The second-order valence-electron chi connectivity index (χ2n) is 7.43. The monoisotopic (exact) mass is 504 g/mol. The van der Waals surface area contributed by atoms with Crippen LogP contribution in [0.25, 0.3) is 0 Å². The van der Waals surface area contributed by atoms with Crippen molar-refractivity contribution in [3.05, 3.63) is 35.4 Å². The largest absolute Gasteiger partial charge is 0.381 e. The predicted molar refractivity (Wildman–Crippen MR) is 127 cm³/mol. The van der Waals surface area contributed by atoms with Gasteiger partial charge >= 0.3 is 0 Å². The number of guanidine groups is 1. The molecule has 1 aromatic rings. The normalized spacial score (nSPS) is 18.0. The summed E-state index contributed by atoms with van der Waals surface area (Å²) in [6.45, 7) is 7.07. The molecule has 1 fully saturated rings. The summed E-state index contributed by atoms with van der Waals surface area (Å²) >= 11 is 0. The third-order valence-corrected chi connectivity index (χ3v) is 4.91. The maximum absolute atomic E-state index is 5.74. The smallest absolute Gasteiger partial charge is 0.191 e. The lowest BCUT2D eigenvalue weighted by Gasteiger charge is -2.26. The van der Waals surface area contributed by atoms with Crippen molar-refractivity contribution in [3.8, 4) is 0 Å². The van der Waals surface area contributed by atoms with Gasteiger partial charge in [-0.15, -0.1) is 24.0 Å². The Balaban J connectivity index is 0.00000392. The highest BCUT2D eigenvalue weighted by molar-refractivity contribution is 14.0. The third kappa shape index (κ3) is 9.07. The van der Waals surface area contributed by atoms with Crippen LogP contribution in [-0.4, -0.2) is 71.5 Å². The molecule has 0 radical (unpaired) electrons. The highest BCUT2D eigenvalue weighted by Crippen LogP contribution is 2.17. The standard InChI is InChI=1S/C21H36N4O2.HI/c1-17-6-8-19(9-7-17)20(25(3)4)14-24-21(22-2)23-11-5-12-26-15-18-10-13-27-16-18;/h6-9,18,20H,5,10-16H2,1-4H3,(H2,22,23,24);1H. The molecule has 2 rings (SSSR count). The summed E-state index contributed by atoms with van der Waals surface area (Å²) in [7, 11) is 6.02. The molecule has 1 aromatic carbocycles. The minimum absolute atomic E-state index is 0. The fourth-order valence-corrected chi connectivity index (χ4v) is 3.15. The molecule has 0 aliphatic carbocycles. The molecular weight excluding hydrogens is 467 g/mol. The summed E-state index contributed by atoms with van der Waals surface area (Å²) in [6, 6.07) is 9.02. The topological polar surface area (TPSA) is 58.1 Å². The Morgan fingerprint density at radius 3 is 2.64 bits per heavy atom. The minimum atomic E-state index is 0. The lowest BCUT2D eigenvalue weighted by atomic mass is 10.0. The van der Waals surface area contributed by atoms with Crippen LogP contribution in [0.4, 0.5) is 0 Å². The van der Waals surface area contributed by atoms with Crippen molar-refractivity contribution in [2.75, 3.05) is 60.7 Å². The number of hydrogen-bond donors (Lipinski definition) is 2. The number of rotatable bonds is 10. The molecule has 2 atom stereocenters. The Labute approximate surface area is 187 Å². The summed E-state index contributed by atoms with van der Waals surface area (Å²) in [5, 5.41) is 6.81. The number of hydrogen-bond acceptors (Lipinski definition) is 4. The summed E-state index contributed by atoms with van der Waals surface area (Å²) in [5.74, 6) is 1.41. The molecule has 2 unspecified atom stereocenters. The molecule has 0 spiro atoms. The van der Waals surface area contributed by atoms with Crippen molar-refractivity contribution in [2.24, 2.45) is 10.9 Å². The van der Waals surface area contributed by atoms with Gasteiger partial charge in [0.15, 0.2) is 5.96 Å². The van der Waals surface area contributed by atoms with Crippen LogP contribution in [0.5, 0.6) is 0 Å². The second-order valence-corrected chi connectivity index (χ2v) is 7.43. The van der Waals surface area contributed by atoms with Gasteiger partial charge in [-0.3, -0.25) is 4.99 Å². The number of benzene rings is 1. The zero-order valence-corrected chi connectivity index (χ0v) is 20.1. The van der Waals surface area contributed by atoms with Gasteiger partial charge in [-0.25, -0.2) is 0 Å². The SMILES string of the molecule is CN=C(NCCCOCC1CCOC1)NCC(c1ccc(C)cc1)N(C)C.I. The molecule has 1 aliphatic heterocycles. The Bertz CT molecular complexity index is 560. The van der Waals surface area contributed by atoms with Gasteiger partial charge in [0.05, 0.1) is 19.3 Å². The first-order valence-electron chi connectivity index (χ1n) is 9.93. The Morgan fingerprint density at radius 1 is 1.29 bits per heavy atom. The predicted octanol–water partition coefficient (Wildman–Crippen LogP) is 2.82. The van der Waals surface area contributed by atoms with Crippen molar-refractivity contribution < 1.29 is 9.47 Å². The molecule has 1 heterocycles. The molecule has 0 aromatic heterocycles. The van der Waals surface area contributed by atoms with Crippen molar-refractivity contribution in [1.29, 1.82) is 0 Å². The van der Waals surface area contributed by atoms with Crippen LogP contribution in [0.1, 0.15) is 30.0 Å². The van der Waals surface area contributed by atoms with Crippen molar-refractivity contribution in [1.82, 2.24) is 15.5 Å². The lowest BCUT2D eigenvalue weighted by Crippen LogP contribution is -2.42. The van der Waals surface area contributed by atoms with Crippen LogP contribution in [0.2, 0.25) is 0 Å². The van der Waals surface area contributed by atoms with E-state index in [9.17, 15) is 0 Å². The number of ether oxygens (including phenoxy) is 2. The molecule has 7 heteroatoms. The zero-order valence-electron chi connectivity index (χ0n) is 17.7. The molecule has 1 saturated heterocycles. The van der Waals surface area contributed by atoms with Gasteiger partial charge in [0.2, 0.25) is 0 Å². The highest BCUT2D eigenvalue weighted by Gasteiger charge is 2.16. The van der Waals surface area contributed by atoms with Gasteiger partial charge in [-0.2, -0.15) is 0 Å². The van der Waals surface area contributed by atoms with E-state index in [2.05, 4.69) is 65.8 Å². The molecule has 160 valence electrons. The molecule has 0 saturated carbocycles. The summed E-state index contributed by atoms with van der Waals surface area (Å²) in [4.78, 5) is 6.55. The van der Waals surface area contributed by atoms with E-state index in [4.69, 9.17) is 9.47 Å². The number of aryl methyl sites for hydroxylation is 1. The van der Waals surface area contributed by atoms with Gasteiger partial charge in [-0.1, -0.05) is 29.8 Å². The number of nitrogens with zero attached hydrogens (tertiary/aromatic N) is 2. The molecule has 0 amide bonds. The van der Waals surface area contributed by atoms with Crippen LogP contribution in [0.15, 0.2) is 29.3 Å². The first-order valence-corrected chi connectivity index (χ1v) is 9.93. The van der Waals surface area contributed by atoms with Crippen LogP contribution >= 0.6 is 24.0 Å². The van der Waals surface area contributed by atoms with Crippen molar-refractivity contribution >= 4 is 29.9 Å². The molecule has 1 aliphatic rings. The molecule has 2 N–H and O–H groups in total. The van der Waals surface area contributed by atoms with Gasteiger partial charge in [0.1, 0.15) is 0 Å². The van der Waals surface area contributed by atoms with E-state index < -0.39 is 0 Å². The fourth-order valence-electron chi connectivity index (χ4n) is 3.15. The quantitative estimate of drug-likeness (QED) is 0.222. The molecule has 28 heavy (non-hydrogen) atoms. The number of aliphatic imine (C=N–C) groups is 1. The van der Waals surface area contributed by atoms with E-state index in [0.29, 0.717) is 12.0 Å². The van der Waals surface area contributed by atoms with Crippen LogP contribution in [0, 0.1) is 12.8 Å². The van der Waals surface area contributed by atoms with E-state index in [1.165, 1.54) is 11.1 Å². The van der Waals surface area contributed by atoms with Crippen LogP contribution in [-0.2, 0) is 9.47 Å². The van der Waals surface area contributed by atoms with Crippen LogP contribution < -0.4 is 10.6 Å². The van der Waals surface area contributed by atoms with E-state index in [0.717, 1.165) is 58.3 Å². The maximum Gasteiger partial charge on any atom is 0.191 e. The Hall–Kier alpha value is -0.900. The number of nitrogens with one attached hydrogen (secondary N) is 2. The van der Waals surface area contributed by atoms with Gasteiger partial charge in [0.25, 0.3) is 0 Å². The summed E-state index contributed by atoms with van der Waals surface area (Å²) < 4.78 is 11.1.